The minimum atomic E-state index is -3.70. The van der Waals surface area contributed by atoms with E-state index in [1.165, 1.54) is 42.5 Å². The molecule has 0 radical (unpaired) electrons. The van der Waals surface area contributed by atoms with Crippen LogP contribution < -0.4 is 0 Å². The van der Waals surface area contributed by atoms with Crippen LogP contribution in [-0.4, -0.2) is 60.8 Å². The van der Waals surface area contributed by atoms with Crippen LogP contribution >= 0.6 is 0 Å². The standard InChI is InChI=1S/C18H26N2O5S/c1-12-8-13(2)11-20(10-12)26(24,25)16-7-5-6-15(9-16)17(21)19(4)14(3)18(22)23/h5-7,9,12-14H,8,10-11H2,1-4H3,(H,22,23). The van der Waals surface area contributed by atoms with Gasteiger partial charge in [-0.05, 0) is 43.4 Å². The molecule has 144 valence electrons. The topological polar surface area (TPSA) is 95.0 Å². The molecule has 1 aliphatic rings. The second-order valence-electron chi connectivity index (χ2n) is 7.23. The summed E-state index contributed by atoms with van der Waals surface area (Å²) in [4.78, 5) is 24.7. The Morgan fingerprint density at radius 1 is 1.23 bits per heavy atom. The number of likely N-dealkylation sites (N-methyl/N-ethyl adjacent to an activating group) is 1. The third-order valence-electron chi connectivity index (χ3n) is 4.81. The lowest BCUT2D eigenvalue weighted by Crippen LogP contribution is -2.42. The third kappa shape index (κ3) is 4.24. The van der Waals surface area contributed by atoms with Gasteiger partial charge in [0.1, 0.15) is 6.04 Å². The van der Waals surface area contributed by atoms with Crippen molar-refractivity contribution in [3.63, 3.8) is 0 Å². The molecule has 0 spiro atoms. The number of aliphatic carboxylic acids is 1. The van der Waals surface area contributed by atoms with Crippen molar-refractivity contribution in [1.29, 1.82) is 0 Å². The normalized spacial score (nSPS) is 22.6. The Hall–Kier alpha value is -1.93. The van der Waals surface area contributed by atoms with Gasteiger partial charge in [0, 0.05) is 25.7 Å². The minimum absolute atomic E-state index is 0.0565. The number of carbonyl (C=O) groups excluding carboxylic acids is 1. The van der Waals surface area contributed by atoms with Gasteiger partial charge in [-0.3, -0.25) is 4.79 Å². The summed E-state index contributed by atoms with van der Waals surface area (Å²) in [6.45, 7) is 6.37. The number of hydrogen-bond donors (Lipinski definition) is 1. The SMILES string of the molecule is CC1CC(C)CN(S(=O)(=O)c2cccc(C(=O)N(C)C(C)C(=O)O)c2)C1. The summed E-state index contributed by atoms with van der Waals surface area (Å²) in [7, 11) is -2.31. The largest absolute Gasteiger partial charge is 0.480 e. The highest BCUT2D eigenvalue weighted by atomic mass is 32.2. The highest BCUT2D eigenvalue weighted by Crippen LogP contribution is 2.27. The van der Waals surface area contributed by atoms with E-state index in [4.69, 9.17) is 5.11 Å². The van der Waals surface area contributed by atoms with Crippen molar-refractivity contribution < 1.29 is 23.1 Å². The van der Waals surface area contributed by atoms with Crippen molar-refractivity contribution in [2.45, 2.75) is 38.1 Å². The Morgan fingerprint density at radius 3 is 2.35 bits per heavy atom. The fourth-order valence-corrected chi connectivity index (χ4v) is 5.01. The van der Waals surface area contributed by atoms with Crippen molar-refractivity contribution in [3.05, 3.63) is 29.8 Å². The number of piperidine rings is 1. The van der Waals surface area contributed by atoms with Crippen molar-refractivity contribution in [2.75, 3.05) is 20.1 Å². The molecule has 3 atom stereocenters. The molecule has 0 bridgehead atoms. The summed E-state index contributed by atoms with van der Waals surface area (Å²) < 4.78 is 27.4. The molecule has 1 aromatic carbocycles. The number of amides is 1. The molecule has 2 rings (SSSR count). The molecule has 1 aliphatic heterocycles. The molecule has 1 amide bonds. The first kappa shape index (κ1) is 20.4. The second-order valence-corrected chi connectivity index (χ2v) is 9.16. The Balaban J connectivity index is 2.30. The highest BCUT2D eigenvalue weighted by molar-refractivity contribution is 7.89. The van der Waals surface area contributed by atoms with E-state index in [0.717, 1.165) is 11.3 Å². The van der Waals surface area contributed by atoms with E-state index in [-0.39, 0.29) is 22.3 Å². The van der Waals surface area contributed by atoms with Gasteiger partial charge in [0.15, 0.2) is 0 Å². The zero-order valence-electron chi connectivity index (χ0n) is 15.5. The van der Waals surface area contributed by atoms with Gasteiger partial charge in [-0.2, -0.15) is 4.31 Å². The van der Waals surface area contributed by atoms with E-state index in [1.807, 2.05) is 13.8 Å². The third-order valence-corrected chi connectivity index (χ3v) is 6.64. The quantitative estimate of drug-likeness (QED) is 0.839. The van der Waals surface area contributed by atoms with Crippen LogP contribution in [0.5, 0.6) is 0 Å². The number of hydrogen-bond acceptors (Lipinski definition) is 4. The van der Waals surface area contributed by atoms with Crippen LogP contribution in [0.2, 0.25) is 0 Å². The fourth-order valence-electron chi connectivity index (χ4n) is 3.29. The summed E-state index contributed by atoms with van der Waals surface area (Å²) in [5, 5.41) is 9.06. The summed E-state index contributed by atoms with van der Waals surface area (Å²) in [6.07, 6.45) is 0.989. The van der Waals surface area contributed by atoms with Gasteiger partial charge in [0.05, 0.1) is 4.90 Å². The number of nitrogens with zero attached hydrogens (tertiary/aromatic N) is 2. The predicted octanol–water partition coefficient (Wildman–Crippen LogP) is 1.90. The first-order valence-corrected chi connectivity index (χ1v) is 10.1. The maximum Gasteiger partial charge on any atom is 0.326 e. The molecule has 0 saturated carbocycles. The van der Waals surface area contributed by atoms with E-state index < -0.39 is 27.9 Å². The summed E-state index contributed by atoms with van der Waals surface area (Å²) in [5.41, 5.74) is 0.153. The molecule has 1 N–H and O–H groups in total. The molecule has 26 heavy (non-hydrogen) atoms. The molecule has 1 aromatic rings. The summed E-state index contributed by atoms with van der Waals surface area (Å²) in [6, 6.07) is 4.79. The molecule has 3 unspecified atom stereocenters. The van der Waals surface area contributed by atoms with E-state index >= 15 is 0 Å². The maximum absolute atomic E-state index is 13.0. The van der Waals surface area contributed by atoms with Crippen molar-refractivity contribution in [1.82, 2.24) is 9.21 Å². The van der Waals surface area contributed by atoms with Crippen molar-refractivity contribution in [3.8, 4) is 0 Å². The Morgan fingerprint density at radius 2 is 1.81 bits per heavy atom. The van der Waals surface area contributed by atoms with Gasteiger partial charge in [-0.15, -0.1) is 0 Å². The number of carboxylic acids is 1. The average molecular weight is 382 g/mol. The maximum atomic E-state index is 13.0. The Kier molecular flexibility index (Phi) is 6.08. The first-order chi connectivity index (χ1) is 12.0. The van der Waals surface area contributed by atoms with Crippen LogP contribution in [0.3, 0.4) is 0 Å². The number of benzene rings is 1. The van der Waals surface area contributed by atoms with Gasteiger partial charge < -0.3 is 10.0 Å². The zero-order chi connectivity index (χ0) is 19.6. The molecular weight excluding hydrogens is 356 g/mol. The lowest BCUT2D eigenvalue weighted by molar-refractivity contribution is -0.141. The number of carboxylic acid groups (broad SMARTS) is 1. The lowest BCUT2D eigenvalue weighted by Gasteiger charge is -2.34. The fraction of sp³-hybridized carbons (Fsp3) is 0.556. The lowest BCUT2D eigenvalue weighted by atomic mass is 9.94. The van der Waals surface area contributed by atoms with Gasteiger partial charge in [0.2, 0.25) is 10.0 Å². The number of carbonyl (C=O) groups is 2. The van der Waals surface area contributed by atoms with Crippen LogP contribution in [0, 0.1) is 11.8 Å². The summed E-state index contributed by atoms with van der Waals surface area (Å²) in [5.74, 6) is -1.10. The molecule has 0 aromatic heterocycles. The van der Waals surface area contributed by atoms with Gasteiger partial charge in [-0.25, -0.2) is 13.2 Å². The molecule has 0 aliphatic carbocycles. The van der Waals surface area contributed by atoms with Crippen LogP contribution in [0.4, 0.5) is 0 Å². The van der Waals surface area contributed by atoms with E-state index in [2.05, 4.69) is 0 Å². The average Bonchev–Trinajstić information content (AvgIpc) is 2.59. The van der Waals surface area contributed by atoms with E-state index in [1.54, 1.807) is 0 Å². The molecule has 1 saturated heterocycles. The minimum Gasteiger partial charge on any atom is -0.480 e. The van der Waals surface area contributed by atoms with E-state index in [9.17, 15) is 18.0 Å². The zero-order valence-corrected chi connectivity index (χ0v) is 16.4. The van der Waals surface area contributed by atoms with Gasteiger partial charge in [-0.1, -0.05) is 19.9 Å². The molecule has 1 heterocycles. The van der Waals surface area contributed by atoms with Gasteiger partial charge >= 0.3 is 5.97 Å². The second kappa shape index (κ2) is 7.75. The first-order valence-electron chi connectivity index (χ1n) is 8.64. The van der Waals surface area contributed by atoms with E-state index in [0.29, 0.717) is 13.1 Å². The monoisotopic (exact) mass is 382 g/mol. The van der Waals surface area contributed by atoms with Crippen LogP contribution in [0.15, 0.2) is 29.2 Å². The summed E-state index contributed by atoms with van der Waals surface area (Å²) >= 11 is 0. The molecule has 1 fully saturated rings. The van der Waals surface area contributed by atoms with Crippen molar-refractivity contribution >= 4 is 21.9 Å². The Bertz CT molecular complexity index is 783. The smallest absolute Gasteiger partial charge is 0.326 e. The van der Waals surface area contributed by atoms with Crippen LogP contribution in [-0.2, 0) is 14.8 Å². The van der Waals surface area contributed by atoms with Gasteiger partial charge in [0.25, 0.3) is 5.91 Å². The highest BCUT2D eigenvalue weighted by Gasteiger charge is 2.32. The number of sulfonamides is 1. The van der Waals surface area contributed by atoms with Crippen LogP contribution in [0.1, 0.15) is 37.6 Å². The van der Waals surface area contributed by atoms with Crippen molar-refractivity contribution in [2.24, 2.45) is 11.8 Å². The van der Waals surface area contributed by atoms with Crippen LogP contribution in [0.25, 0.3) is 0 Å². The molecular formula is C18H26N2O5S. The molecule has 8 heteroatoms. The Labute approximate surface area is 154 Å². The predicted molar refractivity (Wildman–Crippen MR) is 97.3 cm³/mol. The number of rotatable bonds is 5. The molecule has 7 nitrogen and oxygen atoms in total.